The molecule has 38 heavy (non-hydrogen) atoms. The summed E-state index contributed by atoms with van der Waals surface area (Å²) in [6, 6.07) is 10.8. The lowest BCUT2D eigenvalue weighted by Gasteiger charge is -2.21. The molecule has 2 aromatic carbocycles. The van der Waals surface area contributed by atoms with Gasteiger partial charge in [-0.1, -0.05) is 47.6 Å². The van der Waals surface area contributed by atoms with Crippen LogP contribution in [0.5, 0.6) is 17.2 Å². The number of hydrogen-bond donors (Lipinski definition) is 2. The van der Waals surface area contributed by atoms with Crippen LogP contribution in [0.4, 0.5) is 5.69 Å². The van der Waals surface area contributed by atoms with E-state index in [1.54, 1.807) is 43.1 Å². The minimum absolute atomic E-state index is 0.0179. The molecular weight excluding hydrogens is 524 g/mol. The maximum absolute atomic E-state index is 12.5. The molecule has 2 N–H and O–H groups in total. The van der Waals surface area contributed by atoms with Crippen molar-refractivity contribution in [3.05, 3.63) is 47.5 Å². The molecule has 0 aliphatic carbocycles. The van der Waals surface area contributed by atoms with Crippen molar-refractivity contribution < 1.29 is 27.5 Å². The third-order valence-corrected chi connectivity index (χ3v) is 7.53. The number of thioether (sulfide) groups is 1. The third kappa shape index (κ3) is 10.9. The second-order valence-electron chi connectivity index (χ2n) is 11.2. The Kier molecular flexibility index (Phi) is 10.7. The van der Waals surface area contributed by atoms with Gasteiger partial charge in [0.05, 0.1) is 19.3 Å². The van der Waals surface area contributed by atoms with Crippen molar-refractivity contribution in [3.63, 3.8) is 0 Å². The summed E-state index contributed by atoms with van der Waals surface area (Å²) in [5.74, 6) is 1.74. The number of hydrogen-bond acceptors (Lipinski definition) is 7. The minimum atomic E-state index is -3.15. The number of ether oxygens (including phenoxy) is 2. The Morgan fingerprint density at radius 2 is 1.61 bits per heavy atom. The zero-order valence-corrected chi connectivity index (χ0v) is 25.2. The van der Waals surface area contributed by atoms with Crippen molar-refractivity contribution in [2.45, 2.75) is 58.5 Å². The molecule has 0 aliphatic heterocycles. The van der Waals surface area contributed by atoms with Crippen LogP contribution in [0.25, 0.3) is 0 Å². The van der Waals surface area contributed by atoms with E-state index in [4.69, 9.17) is 9.47 Å². The predicted molar refractivity (Wildman–Crippen MR) is 155 cm³/mol. The Morgan fingerprint density at radius 3 is 2.18 bits per heavy atom. The molecule has 0 saturated carbocycles. The van der Waals surface area contributed by atoms with Crippen LogP contribution in [0.1, 0.15) is 52.7 Å². The number of sulfone groups is 1. The van der Waals surface area contributed by atoms with Crippen LogP contribution in [0, 0.1) is 5.41 Å². The number of rotatable bonds is 11. The molecule has 10 heteroatoms. The van der Waals surface area contributed by atoms with Gasteiger partial charge < -0.3 is 20.1 Å². The molecule has 0 heterocycles. The SMILES string of the molecule is COc1ccc(CC(=O)NCCS(C)(=O)=O)cc1Oc1ccc(NC(=O)C(C)(C)C)cc1CSC(C)(C)C. The van der Waals surface area contributed by atoms with Crippen LogP contribution in [0.3, 0.4) is 0 Å². The molecule has 0 bridgehead atoms. The lowest BCUT2D eigenvalue weighted by molar-refractivity contribution is -0.123. The van der Waals surface area contributed by atoms with Crippen LogP contribution in [0.2, 0.25) is 0 Å². The van der Waals surface area contributed by atoms with E-state index < -0.39 is 15.3 Å². The maximum atomic E-state index is 12.5. The summed E-state index contributed by atoms with van der Waals surface area (Å²) >= 11 is 1.76. The van der Waals surface area contributed by atoms with E-state index in [1.807, 2.05) is 32.9 Å². The van der Waals surface area contributed by atoms with E-state index in [0.29, 0.717) is 34.3 Å². The van der Waals surface area contributed by atoms with E-state index >= 15 is 0 Å². The van der Waals surface area contributed by atoms with Gasteiger partial charge in [-0.25, -0.2) is 8.42 Å². The van der Waals surface area contributed by atoms with E-state index in [9.17, 15) is 18.0 Å². The average molecular weight is 565 g/mol. The van der Waals surface area contributed by atoms with Gasteiger partial charge in [0, 0.05) is 40.0 Å². The maximum Gasteiger partial charge on any atom is 0.229 e. The van der Waals surface area contributed by atoms with Gasteiger partial charge in [0.1, 0.15) is 15.6 Å². The first kappa shape index (κ1) is 31.5. The standard InChI is InChI=1S/C28H40N2O6S2/c1-27(2,3)26(32)30-21-10-12-22(20(17-21)18-37-28(4,5)6)36-24-15-19(9-11-23(24)35-7)16-25(31)29-13-14-38(8,33)34/h9-12,15,17H,13-14,16,18H2,1-8H3,(H,29,31)(H,30,32). The third-order valence-electron chi connectivity index (χ3n) is 5.27. The summed E-state index contributed by atoms with van der Waals surface area (Å²) in [6.45, 7) is 12.1. The highest BCUT2D eigenvalue weighted by atomic mass is 32.2. The molecule has 210 valence electrons. The number of carbonyl (C=O) groups is 2. The number of benzene rings is 2. The van der Waals surface area contributed by atoms with Crippen LogP contribution < -0.4 is 20.1 Å². The van der Waals surface area contributed by atoms with E-state index in [2.05, 4.69) is 31.4 Å². The summed E-state index contributed by atoms with van der Waals surface area (Å²) in [7, 11) is -1.61. The average Bonchev–Trinajstić information content (AvgIpc) is 2.77. The molecule has 2 amide bonds. The predicted octanol–water partition coefficient (Wildman–Crippen LogP) is 5.21. The highest BCUT2D eigenvalue weighted by molar-refractivity contribution is 7.99. The van der Waals surface area contributed by atoms with Gasteiger partial charge in [-0.3, -0.25) is 9.59 Å². The van der Waals surface area contributed by atoms with Gasteiger partial charge in [0.15, 0.2) is 11.5 Å². The molecule has 0 radical (unpaired) electrons. The lowest BCUT2D eigenvalue weighted by atomic mass is 9.95. The van der Waals surface area contributed by atoms with Crippen LogP contribution in [-0.2, 0) is 31.6 Å². The zero-order valence-electron chi connectivity index (χ0n) is 23.6. The van der Waals surface area contributed by atoms with Crippen LogP contribution in [0.15, 0.2) is 36.4 Å². The molecule has 2 rings (SSSR count). The van der Waals surface area contributed by atoms with Crippen LogP contribution >= 0.6 is 11.8 Å². The Morgan fingerprint density at radius 1 is 0.947 bits per heavy atom. The van der Waals surface area contributed by atoms with Gasteiger partial charge in [0.2, 0.25) is 11.8 Å². The molecule has 2 aromatic rings. The lowest BCUT2D eigenvalue weighted by Crippen LogP contribution is -2.30. The molecule has 0 unspecified atom stereocenters. The highest BCUT2D eigenvalue weighted by Crippen LogP contribution is 2.38. The molecule has 0 saturated heterocycles. The Balaban J connectivity index is 2.30. The van der Waals surface area contributed by atoms with Crippen molar-refractivity contribution in [2.24, 2.45) is 5.41 Å². The first-order chi connectivity index (χ1) is 17.5. The summed E-state index contributed by atoms with van der Waals surface area (Å²) < 4.78 is 34.4. The molecule has 0 spiro atoms. The molecule has 0 atom stereocenters. The van der Waals surface area contributed by atoms with Gasteiger partial charge in [-0.15, -0.1) is 0 Å². The topological polar surface area (TPSA) is 111 Å². The first-order valence-electron chi connectivity index (χ1n) is 12.3. The van der Waals surface area contributed by atoms with Gasteiger partial charge in [-0.05, 0) is 35.9 Å². The smallest absolute Gasteiger partial charge is 0.229 e. The Bertz CT molecular complexity index is 1240. The van der Waals surface area contributed by atoms with E-state index in [0.717, 1.165) is 11.8 Å². The second kappa shape index (κ2) is 12.9. The van der Waals surface area contributed by atoms with Crippen molar-refractivity contribution in [3.8, 4) is 17.2 Å². The molecule has 8 nitrogen and oxygen atoms in total. The van der Waals surface area contributed by atoms with Gasteiger partial charge in [0.25, 0.3) is 0 Å². The summed E-state index contributed by atoms with van der Waals surface area (Å²) in [6.07, 6.45) is 1.19. The van der Waals surface area contributed by atoms with Gasteiger partial charge in [-0.2, -0.15) is 11.8 Å². The normalized spacial score (nSPS) is 12.1. The Hall–Kier alpha value is -2.72. The van der Waals surface area contributed by atoms with E-state index in [-0.39, 0.29) is 35.3 Å². The first-order valence-corrected chi connectivity index (χ1v) is 15.4. The van der Waals surface area contributed by atoms with Crippen molar-refractivity contribution >= 4 is 39.1 Å². The molecule has 0 aromatic heterocycles. The van der Waals surface area contributed by atoms with Crippen LogP contribution in [-0.4, -0.2) is 50.6 Å². The van der Waals surface area contributed by atoms with Crippen molar-refractivity contribution in [1.82, 2.24) is 5.32 Å². The number of amides is 2. The molecule has 0 aliphatic rings. The summed E-state index contributed by atoms with van der Waals surface area (Å²) in [4.78, 5) is 24.9. The fourth-order valence-electron chi connectivity index (χ4n) is 3.14. The van der Waals surface area contributed by atoms with Crippen molar-refractivity contribution in [1.29, 1.82) is 0 Å². The van der Waals surface area contributed by atoms with Gasteiger partial charge >= 0.3 is 0 Å². The monoisotopic (exact) mass is 564 g/mol. The number of carbonyl (C=O) groups excluding carboxylic acids is 2. The quantitative estimate of drug-likeness (QED) is 0.386. The van der Waals surface area contributed by atoms with E-state index in [1.165, 1.54) is 0 Å². The molecule has 0 fully saturated rings. The number of methoxy groups -OCH3 is 1. The van der Waals surface area contributed by atoms with Crippen molar-refractivity contribution in [2.75, 3.05) is 31.0 Å². The summed E-state index contributed by atoms with van der Waals surface area (Å²) in [5, 5.41) is 5.61. The number of anilines is 1. The minimum Gasteiger partial charge on any atom is -0.493 e. The fraction of sp³-hybridized carbons (Fsp3) is 0.500. The summed E-state index contributed by atoms with van der Waals surface area (Å²) in [5.41, 5.74) is 1.76. The highest BCUT2D eigenvalue weighted by Gasteiger charge is 2.22. The number of nitrogens with one attached hydrogen (secondary N) is 2. The second-order valence-corrected chi connectivity index (χ2v) is 15.2. The zero-order chi connectivity index (χ0) is 28.7. The fourth-order valence-corrected chi connectivity index (χ4v) is 4.42. The largest absolute Gasteiger partial charge is 0.493 e. The Labute approximate surface area is 231 Å². The molecular formula is C28H40N2O6S2.